The van der Waals surface area contributed by atoms with Gasteiger partial charge in [0.1, 0.15) is 12.1 Å². The van der Waals surface area contributed by atoms with Crippen LogP contribution >= 0.6 is 11.3 Å². The number of aryl methyl sites for hydroxylation is 1. The molecule has 13 nitrogen and oxygen atoms in total. The third-order valence-electron chi connectivity index (χ3n) is 11.4. The highest BCUT2D eigenvalue weighted by molar-refractivity contribution is 7.10. The Morgan fingerprint density at radius 2 is 1.96 bits per heavy atom. The maximum Gasteiger partial charge on any atom is 0.324 e. The fourth-order valence-electron chi connectivity index (χ4n) is 8.33. The lowest BCUT2D eigenvalue weighted by Gasteiger charge is -2.36. The average molecular weight is 784 g/mol. The highest BCUT2D eigenvalue weighted by atomic mass is 32.1. The molecule has 4 atom stereocenters. The van der Waals surface area contributed by atoms with Crippen LogP contribution in [0.4, 0.5) is 0 Å². The number of nitrogens with one attached hydrogen (secondary N) is 2. The number of hydrogen-bond acceptors (Lipinski definition) is 10. The summed E-state index contributed by atoms with van der Waals surface area (Å²) in [6, 6.07) is 8.82. The van der Waals surface area contributed by atoms with E-state index in [1.807, 2.05) is 18.4 Å². The van der Waals surface area contributed by atoms with Crippen molar-refractivity contribution in [3.8, 4) is 22.5 Å². The van der Waals surface area contributed by atoms with Crippen molar-refractivity contribution in [1.29, 1.82) is 0 Å². The number of esters is 1. The molecule has 298 valence electrons. The maximum atomic E-state index is 14.3. The van der Waals surface area contributed by atoms with Crippen molar-refractivity contribution in [1.82, 2.24) is 35.2 Å². The average Bonchev–Trinajstić information content (AvgIpc) is 3.80. The standard InChI is InChI=1S/C42H53N7O6S/c1-7-48-35-15-14-27-19-30(35)31(38(48)29-12-8-16-43-37(29)25(2)54-6)21-42(4,5)24-55-41(53)32-13-10-18-49(46-32)40(52)33(20-36-44-34(27)23-56-36)45-39(51)28-11-9-17-47(22-28)26(3)50/h8,12,14-16,19,23,25,28,32-33,46H,7,9-11,13,17-18,20-22,24H2,1-6H3,(H,45,51)/t25-,28?,32-,33-/m0/s1. The largest absolute Gasteiger partial charge is 0.464 e. The summed E-state index contributed by atoms with van der Waals surface area (Å²) in [5.41, 5.74) is 9.48. The zero-order chi connectivity index (χ0) is 39.7. The number of likely N-dealkylation sites (tertiary alicyclic amines) is 1. The number of piperidine rings is 1. The van der Waals surface area contributed by atoms with E-state index < -0.39 is 29.4 Å². The number of carbonyl (C=O) groups excluding carboxylic acids is 4. The molecule has 1 unspecified atom stereocenters. The number of nitrogens with zero attached hydrogens (tertiary/aromatic N) is 5. The molecule has 1 aromatic carbocycles. The lowest BCUT2D eigenvalue weighted by atomic mass is 9.84. The van der Waals surface area contributed by atoms with E-state index in [-0.39, 0.29) is 36.9 Å². The molecule has 6 bridgehead atoms. The Balaban J connectivity index is 1.31. The second-order valence-corrected chi connectivity index (χ2v) is 17.0. The molecule has 2 N–H and O–H groups in total. The lowest BCUT2D eigenvalue weighted by Crippen LogP contribution is -2.61. The molecule has 3 amide bonds. The maximum absolute atomic E-state index is 14.3. The predicted molar refractivity (Wildman–Crippen MR) is 214 cm³/mol. The van der Waals surface area contributed by atoms with E-state index in [0.29, 0.717) is 56.7 Å². The van der Waals surface area contributed by atoms with Gasteiger partial charge in [0, 0.05) is 85.7 Å². The minimum Gasteiger partial charge on any atom is -0.464 e. The molecular weight excluding hydrogens is 731 g/mol. The number of amides is 3. The molecule has 0 aliphatic carbocycles. The van der Waals surface area contributed by atoms with Crippen molar-refractivity contribution in [3.05, 3.63) is 58.2 Å². The molecule has 56 heavy (non-hydrogen) atoms. The van der Waals surface area contributed by atoms with E-state index in [2.05, 4.69) is 60.3 Å². The van der Waals surface area contributed by atoms with E-state index in [0.717, 1.165) is 51.2 Å². The number of rotatable bonds is 6. The van der Waals surface area contributed by atoms with Gasteiger partial charge in [0.05, 0.1) is 40.7 Å². The summed E-state index contributed by atoms with van der Waals surface area (Å²) in [4.78, 5) is 65.4. The Bertz CT molecular complexity index is 2130. The predicted octanol–water partition coefficient (Wildman–Crippen LogP) is 5.46. The van der Waals surface area contributed by atoms with Crippen LogP contribution in [0.2, 0.25) is 0 Å². The van der Waals surface area contributed by atoms with Crippen molar-refractivity contribution in [3.63, 3.8) is 0 Å². The van der Waals surface area contributed by atoms with Gasteiger partial charge in [-0.3, -0.25) is 29.2 Å². The fraction of sp³-hybridized carbons (Fsp3) is 0.524. The summed E-state index contributed by atoms with van der Waals surface area (Å²) >= 11 is 1.45. The Morgan fingerprint density at radius 1 is 1.16 bits per heavy atom. The van der Waals surface area contributed by atoms with Gasteiger partial charge in [0.2, 0.25) is 11.8 Å². The summed E-state index contributed by atoms with van der Waals surface area (Å²) in [5.74, 6) is -1.53. The van der Waals surface area contributed by atoms with Crippen LogP contribution in [0.25, 0.3) is 33.4 Å². The summed E-state index contributed by atoms with van der Waals surface area (Å²) in [5, 5.41) is 8.27. The minimum absolute atomic E-state index is 0.0701. The summed E-state index contributed by atoms with van der Waals surface area (Å²) < 4.78 is 14.2. The second-order valence-electron chi connectivity index (χ2n) is 16.1. The molecule has 14 heteroatoms. The first kappa shape index (κ1) is 39.6. The van der Waals surface area contributed by atoms with Gasteiger partial charge in [-0.1, -0.05) is 19.9 Å². The first-order valence-corrected chi connectivity index (χ1v) is 20.6. The molecule has 0 saturated carbocycles. The van der Waals surface area contributed by atoms with E-state index in [1.54, 1.807) is 18.2 Å². The van der Waals surface area contributed by atoms with E-state index in [9.17, 15) is 19.2 Å². The molecule has 4 aromatic rings. The van der Waals surface area contributed by atoms with Gasteiger partial charge in [-0.05, 0) is 75.8 Å². The third-order valence-corrected chi connectivity index (χ3v) is 12.3. The number of ether oxygens (including phenoxy) is 2. The van der Waals surface area contributed by atoms with Gasteiger partial charge in [0.25, 0.3) is 5.91 Å². The van der Waals surface area contributed by atoms with Gasteiger partial charge in [-0.2, -0.15) is 0 Å². The molecule has 3 aromatic heterocycles. The summed E-state index contributed by atoms with van der Waals surface area (Å²) in [6.07, 6.45) is 4.78. The van der Waals surface area contributed by atoms with Gasteiger partial charge >= 0.3 is 5.97 Å². The number of carbonyl (C=O) groups is 4. The Morgan fingerprint density at radius 3 is 2.73 bits per heavy atom. The molecule has 6 heterocycles. The number of aromatic nitrogens is 3. The van der Waals surface area contributed by atoms with Crippen LogP contribution < -0.4 is 10.7 Å². The number of pyridine rings is 1. The fourth-order valence-corrected chi connectivity index (χ4v) is 9.18. The summed E-state index contributed by atoms with van der Waals surface area (Å²) in [7, 11) is 1.69. The van der Waals surface area contributed by atoms with Crippen LogP contribution in [-0.4, -0.2) is 93.6 Å². The highest BCUT2D eigenvalue weighted by Gasteiger charge is 2.37. The topological polar surface area (TPSA) is 148 Å². The van der Waals surface area contributed by atoms with Crippen LogP contribution in [-0.2, 0) is 48.0 Å². The first-order chi connectivity index (χ1) is 26.9. The smallest absolute Gasteiger partial charge is 0.324 e. The first-order valence-electron chi connectivity index (χ1n) is 19.8. The quantitative estimate of drug-likeness (QED) is 0.243. The zero-order valence-electron chi connectivity index (χ0n) is 33.2. The molecule has 7 rings (SSSR count). The number of hydrazine groups is 1. The third kappa shape index (κ3) is 8.10. The Labute approximate surface area is 332 Å². The molecule has 0 spiro atoms. The number of cyclic esters (lactones) is 1. The van der Waals surface area contributed by atoms with E-state index in [1.165, 1.54) is 23.3 Å². The number of fused-ring (bicyclic) bond motifs is 6. The molecule has 3 aliphatic heterocycles. The van der Waals surface area contributed by atoms with Gasteiger partial charge in [-0.25, -0.2) is 10.4 Å². The lowest BCUT2D eigenvalue weighted by molar-refractivity contribution is -0.155. The number of thiazole rings is 1. The molecule has 2 fully saturated rings. The molecule has 0 radical (unpaired) electrons. The molecule has 3 aliphatic rings. The van der Waals surface area contributed by atoms with Crippen LogP contribution in [0, 0.1) is 11.3 Å². The SMILES string of the molecule is CCn1c(-c2cccnc2[C@H](C)OC)c2c3cc(ccc31)-c1csc(n1)C[C@H](NC(=O)C1CCCN(C(C)=O)C1)C(=O)N1CCC[C@H](N1)C(=O)OCC(C)(C)C2. The number of benzene rings is 1. The van der Waals surface area contributed by atoms with Crippen molar-refractivity contribution < 1.29 is 28.7 Å². The monoisotopic (exact) mass is 783 g/mol. The van der Waals surface area contributed by atoms with E-state index in [4.69, 9.17) is 19.4 Å². The highest BCUT2D eigenvalue weighted by Crippen LogP contribution is 2.42. The van der Waals surface area contributed by atoms with Crippen LogP contribution in [0.3, 0.4) is 0 Å². The number of methoxy groups -OCH3 is 1. The minimum atomic E-state index is -0.937. The Kier molecular flexibility index (Phi) is 11.6. The second kappa shape index (κ2) is 16.4. The zero-order valence-corrected chi connectivity index (χ0v) is 34.0. The molecular formula is C42H53N7O6S. The Hall–Kier alpha value is -4.66. The van der Waals surface area contributed by atoms with Gasteiger partial charge in [-0.15, -0.1) is 11.3 Å². The van der Waals surface area contributed by atoms with Gasteiger partial charge in [0.15, 0.2) is 0 Å². The normalized spacial score (nSPS) is 22.4. The van der Waals surface area contributed by atoms with Crippen LogP contribution in [0.1, 0.15) is 82.7 Å². The molecule has 2 saturated heterocycles. The van der Waals surface area contributed by atoms with Crippen molar-refractivity contribution in [2.75, 3.05) is 33.4 Å². The van der Waals surface area contributed by atoms with Crippen LogP contribution in [0.5, 0.6) is 0 Å². The van der Waals surface area contributed by atoms with Gasteiger partial charge < -0.3 is 24.3 Å². The number of hydrogen-bond donors (Lipinski definition) is 2. The summed E-state index contributed by atoms with van der Waals surface area (Å²) in [6.45, 7) is 12.1. The van der Waals surface area contributed by atoms with Crippen LogP contribution in [0.15, 0.2) is 41.9 Å². The van der Waals surface area contributed by atoms with Crippen molar-refractivity contribution in [2.24, 2.45) is 11.3 Å². The van der Waals surface area contributed by atoms with E-state index >= 15 is 0 Å². The van der Waals surface area contributed by atoms with Crippen molar-refractivity contribution in [2.45, 2.75) is 97.9 Å². The van der Waals surface area contributed by atoms with Crippen molar-refractivity contribution >= 4 is 45.9 Å².